The Balaban J connectivity index is 2.35. The molecule has 0 atom stereocenters. The molecule has 1 aromatic heterocycles. The average Bonchev–Trinajstić information content (AvgIpc) is 2.38. The molecule has 0 aliphatic carbocycles. The molecule has 0 fully saturated rings. The van der Waals surface area contributed by atoms with Crippen LogP contribution in [0.5, 0.6) is 0 Å². The van der Waals surface area contributed by atoms with Crippen LogP contribution in [0.15, 0.2) is 48.7 Å². The van der Waals surface area contributed by atoms with E-state index < -0.39 is 0 Å². The Kier molecular flexibility index (Phi) is 3.37. The van der Waals surface area contributed by atoms with Crippen molar-refractivity contribution in [3.8, 4) is 0 Å². The normalized spacial score (nSPS) is 11.3. The molecule has 0 aliphatic heterocycles. The van der Waals surface area contributed by atoms with Crippen LogP contribution in [0.4, 0.5) is 11.4 Å². The number of para-hydroxylation sites is 1. The van der Waals surface area contributed by atoms with Crippen LogP contribution in [0, 0.1) is 0 Å². The van der Waals surface area contributed by atoms with Gasteiger partial charge in [0.05, 0.1) is 0 Å². The summed E-state index contributed by atoms with van der Waals surface area (Å²) in [7, 11) is 2.08. The Morgan fingerprint density at radius 3 is 2.22 bits per heavy atom. The molecule has 0 radical (unpaired) electrons. The molecule has 0 aliphatic rings. The van der Waals surface area contributed by atoms with Crippen molar-refractivity contribution in [2.75, 3.05) is 11.9 Å². The summed E-state index contributed by atoms with van der Waals surface area (Å²) in [5.74, 6) is 0. The molecule has 0 N–H and O–H groups in total. The maximum atomic E-state index is 4.46. The Morgan fingerprint density at radius 1 is 0.944 bits per heavy atom. The molecule has 2 aromatic rings. The number of anilines is 2. The third-order valence-electron chi connectivity index (χ3n) is 3.04. The monoisotopic (exact) mass is 240 g/mol. The van der Waals surface area contributed by atoms with Gasteiger partial charge < -0.3 is 4.90 Å². The summed E-state index contributed by atoms with van der Waals surface area (Å²) in [4.78, 5) is 6.64. The van der Waals surface area contributed by atoms with Gasteiger partial charge in [0.15, 0.2) is 0 Å². The molecule has 1 aromatic carbocycles. The van der Waals surface area contributed by atoms with Crippen molar-refractivity contribution in [2.45, 2.75) is 26.2 Å². The predicted molar refractivity (Wildman–Crippen MR) is 77.4 cm³/mol. The third kappa shape index (κ3) is 2.70. The zero-order valence-electron chi connectivity index (χ0n) is 11.5. The van der Waals surface area contributed by atoms with E-state index in [0.717, 1.165) is 5.69 Å². The van der Waals surface area contributed by atoms with Gasteiger partial charge >= 0.3 is 0 Å². The van der Waals surface area contributed by atoms with Crippen molar-refractivity contribution in [1.82, 2.24) is 4.98 Å². The van der Waals surface area contributed by atoms with E-state index in [2.05, 4.69) is 68.0 Å². The molecule has 18 heavy (non-hydrogen) atoms. The molecule has 0 spiro atoms. The topological polar surface area (TPSA) is 16.1 Å². The zero-order valence-corrected chi connectivity index (χ0v) is 11.5. The van der Waals surface area contributed by atoms with E-state index in [1.54, 1.807) is 0 Å². The second-order valence-electron chi connectivity index (χ2n) is 5.54. The molecule has 2 rings (SSSR count). The lowest BCUT2D eigenvalue weighted by molar-refractivity contribution is 0.569. The number of rotatable bonds is 2. The van der Waals surface area contributed by atoms with Crippen molar-refractivity contribution < 1.29 is 0 Å². The first-order valence-corrected chi connectivity index (χ1v) is 6.24. The first-order chi connectivity index (χ1) is 8.48. The van der Waals surface area contributed by atoms with Gasteiger partial charge in [-0.1, -0.05) is 39.0 Å². The summed E-state index contributed by atoms with van der Waals surface area (Å²) in [6.45, 7) is 6.55. The lowest BCUT2D eigenvalue weighted by Crippen LogP contribution is -2.15. The predicted octanol–water partition coefficient (Wildman–Crippen LogP) is 4.15. The third-order valence-corrected chi connectivity index (χ3v) is 3.04. The number of benzene rings is 1. The summed E-state index contributed by atoms with van der Waals surface area (Å²) in [6.07, 6.45) is 1.88. The van der Waals surface area contributed by atoms with Gasteiger partial charge in [-0.25, -0.2) is 0 Å². The molecule has 0 saturated heterocycles. The molecule has 2 nitrogen and oxygen atoms in total. The van der Waals surface area contributed by atoms with E-state index in [0.29, 0.717) is 0 Å². The van der Waals surface area contributed by atoms with Gasteiger partial charge in [-0.15, -0.1) is 0 Å². The Morgan fingerprint density at radius 2 is 1.61 bits per heavy atom. The summed E-state index contributed by atoms with van der Waals surface area (Å²) in [5, 5.41) is 0. The van der Waals surface area contributed by atoms with Crippen LogP contribution in [-0.2, 0) is 5.41 Å². The minimum Gasteiger partial charge on any atom is -0.345 e. The molecule has 0 bridgehead atoms. The highest BCUT2D eigenvalue weighted by Crippen LogP contribution is 2.27. The van der Waals surface area contributed by atoms with Gasteiger partial charge in [0.1, 0.15) is 0 Å². The zero-order chi connectivity index (χ0) is 13.2. The van der Waals surface area contributed by atoms with Gasteiger partial charge in [-0.05, 0) is 24.3 Å². The van der Waals surface area contributed by atoms with Crippen molar-refractivity contribution in [2.24, 2.45) is 0 Å². The first kappa shape index (κ1) is 12.6. The van der Waals surface area contributed by atoms with Gasteiger partial charge in [-0.2, -0.15) is 0 Å². The van der Waals surface area contributed by atoms with Crippen molar-refractivity contribution >= 4 is 11.4 Å². The molecule has 0 saturated carbocycles. The Bertz CT molecular complexity index is 512. The van der Waals surface area contributed by atoms with E-state index in [4.69, 9.17) is 0 Å². The highest BCUT2D eigenvalue weighted by molar-refractivity contribution is 5.62. The minimum atomic E-state index is 0.0769. The van der Waals surface area contributed by atoms with Crippen LogP contribution in [0.3, 0.4) is 0 Å². The van der Waals surface area contributed by atoms with Crippen LogP contribution in [0.1, 0.15) is 26.5 Å². The summed E-state index contributed by atoms with van der Waals surface area (Å²) in [6, 6.07) is 14.6. The highest BCUT2D eigenvalue weighted by Gasteiger charge is 2.16. The maximum absolute atomic E-state index is 4.46. The molecular weight excluding hydrogens is 220 g/mol. The summed E-state index contributed by atoms with van der Waals surface area (Å²) >= 11 is 0. The van der Waals surface area contributed by atoms with Crippen LogP contribution in [0.2, 0.25) is 0 Å². The van der Waals surface area contributed by atoms with Gasteiger partial charge in [0.2, 0.25) is 0 Å². The number of hydrogen-bond acceptors (Lipinski definition) is 2. The van der Waals surface area contributed by atoms with Crippen molar-refractivity contribution in [3.63, 3.8) is 0 Å². The standard InChI is InChI=1S/C16H20N2/c1-16(2,3)15-12-14(10-11-17-15)18(4)13-8-6-5-7-9-13/h5-12H,1-4H3. The summed E-state index contributed by atoms with van der Waals surface area (Å²) < 4.78 is 0. The van der Waals surface area contributed by atoms with Gasteiger partial charge in [-0.3, -0.25) is 4.98 Å². The lowest BCUT2D eigenvalue weighted by atomic mass is 9.91. The maximum Gasteiger partial charge on any atom is 0.0477 e. The minimum absolute atomic E-state index is 0.0769. The number of pyridine rings is 1. The van der Waals surface area contributed by atoms with Crippen molar-refractivity contribution in [3.05, 3.63) is 54.4 Å². The SMILES string of the molecule is CN(c1ccccc1)c1ccnc(C(C)(C)C)c1. The van der Waals surface area contributed by atoms with E-state index in [-0.39, 0.29) is 5.41 Å². The van der Waals surface area contributed by atoms with E-state index >= 15 is 0 Å². The quantitative estimate of drug-likeness (QED) is 0.784. The molecule has 1 heterocycles. The van der Waals surface area contributed by atoms with Gasteiger partial charge in [0.25, 0.3) is 0 Å². The van der Waals surface area contributed by atoms with Gasteiger partial charge in [0, 0.05) is 35.7 Å². The van der Waals surface area contributed by atoms with Crippen LogP contribution >= 0.6 is 0 Å². The fourth-order valence-corrected chi connectivity index (χ4v) is 1.84. The number of nitrogens with zero attached hydrogens (tertiary/aromatic N) is 2. The number of aromatic nitrogens is 1. The van der Waals surface area contributed by atoms with Crippen LogP contribution in [-0.4, -0.2) is 12.0 Å². The van der Waals surface area contributed by atoms with Crippen LogP contribution in [0.25, 0.3) is 0 Å². The lowest BCUT2D eigenvalue weighted by Gasteiger charge is -2.23. The summed E-state index contributed by atoms with van der Waals surface area (Å²) in [5.41, 5.74) is 3.54. The highest BCUT2D eigenvalue weighted by atomic mass is 15.1. The first-order valence-electron chi connectivity index (χ1n) is 6.24. The molecule has 94 valence electrons. The molecule has 0 unspecified atom stereocenters. The second-order valence-corrected chi connectivity index (χ2v) is 5.54. The van der Waals surface area contributed by atoms with Crippen molar-refractivity contribution in [1.29, 1.82) is 0 Å². The van der Waals surface area contributed by atoms with E-state index in [1.165, 1.54) is 11.4 Å². The van der Waals surface area contributed by atoms with E-state index in [1.807, 2.05) is 18.3 Å². The van der Waals surface area contributed by atoms with E-state index in [9.17, 15) is 0 Å². The van der Waals surface area contributed by atoms with Crippen LogP contribution < -0.4 is 4.90 Å². The average molecular weight is 240 g/mol. The fraction of sp³-hybridized carbons (Fsp3) is 0.312. The Labute approximate surface area is 109 Å². The number of hydrogen-bond donors (Lipinski definition) is 0. The molecule has 2 heteroatoms. The fourth-order valence-electron chi connectivity index (χ4n) is 1.84. The smallest absolute Gasteiger partial charge is 0.0477 e. The largest absolute Gasteiger partial charge is 0.345 e. The second kappa shape index (κ2) is 4.81. The molecule has 0 amide bonds. The Hall–Kier alpha value is -1.83. The molecular formula is C16H20N2.